The maximum absolute atomic E-state index is 13.5. The number of amides is 2. The lowest BCUT2D eigenvalue weighted by Crippen LogP contribution is -2.50. The Hall–Kier alpha value is -3.12. The van der Waals surface area contributed by atoms with Crippen LogP contribution in [0.4, 0.5) is 5.69 Å². The van der Waals surface area contributed by atoms with Crippen LogP contribution in [0.1, 0.15) is 80.3 Å². The van der Waals surface area contributed by atoms with Crippen LogP contribution in [0, 0.1) is 17.8 Å². The molecular formula is C39H50ClN3O7S. The maximum atomic E-state index is 13.5. The number of allylic oxidation sites excluding steroid dienone is 1. The minimum atomic E-state index is -3.98. The van der Waals surface area contributed by atoms with E-state index in [9.17, 15) is 23.1 Å². The Morgan fingerprint density at radius 2 is 1.92 bits per heavy atom. The van der Waals surface area contributed by atoms with Crippen LogP contribution in [0.3, 0.4) is 0 Å². The molecule has 12 heteroatoms. The third-order valence-electron chi connectivity index (χ3n) is 12.2. The van der Waals surface area contributed by atoms with E-state index in [1.165, 1.54) is 11.1 Å². The topological polar surface area (TPSA) is 125 Å². The van der Waals surface area contributed by atoms with Crippen LogP contribution in [0.15, 0.2) is 48.6 Å². The number of piperidine rings is 1. The van der Waals surface area contributed by atoms with E-state index in [-0.39, 0.29) is 53.5 Å². The molecule has 3 aliphatic heterocycles. The summed E-state index contributed by atoms with van der Waals surface area (Å²) in [6, 6.07) is 11.4. The van der Waals surface area contributed by atoms with Gasteiger partial charge in [-0.15, -0.1) is 0 Å². The Bertz CT molecular complexity index is 1780. The van der Waals surface area contributed by atoms with Crippen molar-refractivity contribution in [1.29, 1.82) is 0 Å². The van der Waals surface area contributed by atoms with Crippen LogP contribution in [0.5, 0.6) is 5.75 Å². The third kappa shape index (κ3) is 7.54. The summed E-state index contributed by atoms with van der Waals surface area (Å²) in [6.45, 7) is 6.31. The monoisotopic (exact) mass is 739 g/mol. The van der Waals surface area contributed by atoms with E-state index >= 15 is 0 Å². The highest BCUT2D eigenvalue weighted by Gasteiger charge is 2.45. The lowest BCUT2D eigenvalue weighted by Gasteiger charge is -2.46. The number of fused-ring (bicyclic) bond motifs is 4. The smallest absolute Gasteiger partial charge is 0.264 e. The van der Waals surface area contributed by atoms with Crippen LogP contribution in [-0.2, 0) is 31.4 Å². The summed E-state index contributed by atoms with van der Waals surface area (Å²) in [5, 5.41) is 9.82. The molecule has 3 heterocycles. The molecule has 276 valence electrons. The summed E-state index contributed by atoms with van der Waals surface area (Å²) in [5.41, 5.74) is 3.20. The second-order valence-corrected chi connectivity index (χ2v) is 18.0. The van der Waals surface area contributed by atoms with Gasteiger partial charge in [-0.1, -0.05) is 36.7 Å². The van der Waals surface area contributed by atoms with Gasteiger partial charge in [-0.25, -0.2) is 13.1 Å². The van der Waals surface area contributed by atoms with E-state index in [0.717, 1.165) is 42.8 Å². The minimum Gasteiger partial charge on any atom is -0.490 e. The first-order valence-electron chi connectivity index (χ1n) is 18.5. The van der Waals surface area contributed by atoms with Crippen LogP contribution < -0.4 is 14.4 Å². The Labute approximate surface area is 306 Å². The van der Waals surface area contributed by atoms with Crippen LogP contribution in [0.2, 0.25) is 5.02 Å². The molecule has 0 aromatic heterocycles. The molecule has 7 rings (SSSR count). The van der Waals surface area contributed by atoms with Crippen LogP contribution in [0.25, 0.3) is 0 Å². The fraction of sp³-hybridized carbons (Fsp3) is 0.590. The Balaban J connectivity index is 1.23. The number of halogens is 1. The molecule has 2 bridgehead atoms. The summed E-state index contributed by atoms with van der Waals surface area (Å²) in [5.74, 6) is 0.0490. The molecule has 1 spiro atoms. The number of benzene rings is 2. The van der Waals surface area contributed by atoms with E-state index in [1.54, 1.807) is 30.0 Å². The summed E-state index contributed by atoms with van der Waals surface area (Å²) in [6.07, 6.45) is 9.74. The fourth-order valence-electron chi connectivity index (χ4n) is 8.69. The molecule has 51 heavy (non-hydrogen) atoms. The molecular weight excluding hydrogens is 690 g/mol. The molecule has 1 saturated carbocycles. The number of likely N-dealkylation sites (tertiary alicyclic amines) is 1. The van der Waals surface area contributed by atoms with Crippen molar-refractivity contribution >= 4 is 39.1 Å². The molecule has 2 N–H and O–H groups in total. The first-order valence-corrected chi connectivity index (χ1v) is 20.5. The molecule has 2 aromatic carbocycles. The van der Waals surface area contributed by atoms with Crippen molar-refractivity contribution in [2.24, 2.45) is 17.8 Å². The van der Waals surface area contributed by atoms with Gasteiger partial charge in [-0.3, -0.25) is 9.59 Å². The van der Waals surface area contributed by atoms with Gasteiger partial charge in [0.15, 0.2) is 0 Å². The van der Waals surface area contributed by atoms with Crippen LogP contribution >= 0.6 is 11.6 Å². The molecule has 0 unspecified atom stereocenters. The van der Waals surface area contributed by atoms with Gasteiger partial charge >= 0.3 is 0 Å². The number of sulfonamides is 1. The molecule has 2 aromatic rings. The maximum Gasteiger partial charge on any atom is 0.264 e. The second kappa shape index (κ2) is 14.7. The first-order chi connectivity index (χ1) is 24.4. The average Bonchev–Trinajstić information content (AvgIpc) is 3.24. The number of aliphatic hydroxyl groups is 1. The zero-order valence-corrected chi connectivity index (χ0v) is 31.1. The van der Waals surface area contributed by atoms with Gasteiger partial charge in [0.2, 0.25) is 15.9 Å². The van der Waals surface area contributed by atoms with Gasteiger partial charge in [0.25, 0.3) is 5.91 Å². The number of hydrogen-bond acceptors (Lipinski definition) is 8. The lowest BCUT2D eigenvalue weighted by molar-refractivity contribution is -0.141. The van der Waals surface area contributed by atoms with Crippen LogP contribution in [-0.4, -0.2) is 87.1 Å². The van der Waals surface area contributed by atoms with E-state index in [1.807, 2.05) is 25.1 Å². The van der Waals surface area contributed by atoms with Gasteiger partial charge in [0.05, 0.1) is 29.8 Å². The van der Waals surface area contributed by atoms with Gasteiger partial charge in [0, 0.05) is 42.2 Å². The number of carbonyl (C=O) groups is 2. The van der Waals surface area contributed by atoms with Gasteiger partial charge in [-0.2, -0.15) is 0 Å². The Kier molecular flexibility index (Phi) is 10.5. The molecule has 6 atom stereocenters. The van der Waals surface area contributed by atoms with Crippen molar-refractivity contribution in [3.63, 3.8) is 0 Å². The van der Waals surface area contributed by atoms with Crippen molar-refractivity contribution in [3.8, 4) is 5.75 Å². The largest absolute Gasteiger partial charge is 0.490 e. The van der Waals surface area contributed by atoms with Gasteiger partial charge < -0.3 is 24.4 Å². The number of aryl methyl sites for hydroxylation is 1. The molecule has 1 saturated heterocycles. The van der Waals surface area contributed by atoms with E-state index in [4.69, 9.17) is 21.1 Å². The highest BCUT2D eigenvalue weighted by molar-refractivity contribution is 7.90. The quantitative estimate of drug-likeness (QED) is 0.409. The normalized spacial score (nSPS) is 31.7. The molecule has 5 aliphatic rings. The van der Waals surface area contributed by atoms with E-state index < -0.39 is 21.2 Å². The number of aliphatic hydroxyl groups excluding tert-OH is 1. The van der Waals surface area contributed by atoms with E-state index in [2.05, 4.69) is 21.8 Å². The standard InChI is InChI=1S/C39H50ClN3O7S/c1-25-5-3-7-35(49-22-37(45)42-17-14-31(44)15-18-42)32-11-8-29(32)21-43-23-39(16-4-6-27-19-30(40)10-12-33(27)39)24-50-36-13-9-28(20-34(36)43)38(46)41-51(47,48)26(25)2/h3,7,9-10,12-13,19-20,25-26,29,31-32,35,44H,4-6,8,11,14-18,21-24H2,1-2H3,(H,41,46)/b7-3-/t25-,26+,29-,32+,35-,39-/m0/s1. The fourth-order valence-corrected chi connectivity index (χ4v) is 10.2. The summed E-state index contributed by atoms with van der Waals surface area (Å²) in [7, 11) is -3.98. The zero-order valence-electron chi connectivity index (χ0n) is 29.6. The average molecular weight is 740 g/mol. The number of nitrogens with one attached hydrogen (secondary N) is 1. The van der Waals surface area contributed by atoms with Crippen molar-refractivity contribution in [2.75, 3.05) is 44.3 Å². The van der Waals surface area contributed by atoms with Crippen molar-refractivity contribution in [2.45, 2.75) is 88.1 Å². The van der Waals surface area contributed by atoms with Gasteiger partial charge in [-0.05, 0) is 118 Å². The van der Waals surface area contributed by atoms with E-state index in [0.29, 0.717) is 57.8 Å². The third-order valence-corrected chi connectivity index (χ3v) is 14.4. The number of carbonyl (C=O) groups excluding carboxylic acids is 2. The minimum absolute atomic E-state index is 0.0487. The number of anilines is 1. The number of nitrogens with zero attached hydrogens (tertiary/aromatic N) is 2. The molecule has 2 fully saturated rings. The van der Waals surface area contributed by atoms with Crippen molar-refractivity contribution < 1.29 is 32.6 Å². The number of ether oxygens (including phenoxy) is 2. The molecule has 2 amide bonds. The Morgan fingerprint density at radius 1 is 1.12 bits per heavy atom. The summed E-state index contributed by atoms with van der Waals surface area (Å²) < 4.78 is 42.3. The Morgan fingerprint density at radius 3 is 2.69 bits per heavy atom. The molecule has 0 radical (unpaired) electrons. The van der Waals surface area contributed by atoms with Crippen molar-refractivity contribution in [3.05, 3.63) is 70.3 Å². The SMILES string of the molecule is C[C@@H]1[C@@H](C)C/C=C\[C@H](OCC(=O)N2CCC(O)CC2)[C@@H]2CC[C@H]2CN2C[C@@]3(CCCc4cc(Cl)ccc43)COc3ccc(cc32)C(=O)NS1(=O)=O. The number of hydrogen-bond donors (Lipinski definition) is 2. The predicted molar refractivity (Wildman–Crippen MR) is 197 cm³/mol. The highest BCUT2D eigenvalue weighted by Crippen LogP contribution is 2.47. The second-order valence-electron chi connectivity index (χ2n) is 15.5. The summed E-state index contributed by atoms with van der Waals surface area (Å²) >= 11 is 6.45. The summed E-state index contributed by atoms with van der Waals surface area (Å²) in [4.78, 5) is 30.9. The zero-order chi connectivity index (χ0) is 35.9. The highest BCUT2D eigenvalue weighted by atomic mass is 35.5. The van der Waals surface area contributed by atoms with Gasteiger partial charge in [0.1, 0.15) is 12.4 Å². The lowest BCUT2D eigenvalue weighted by atomic mass is 9.68. The van der Waals surface area contributed by atoms with Crippen molar-refractivity contribution in [1.82, 2.24) is 9.62 Å². The molecule has 2 aliphatic carbocycles. The first kappa shape index (κ1) is 36.2. The predicted octanol–water partition coefficient (Wildman–Crippen LogP) is 5.25. The number of rotatable bonds is 3. The molecule has 10 nitrogen and oxygen atoms in total.